The first-order valence-electron chi connectivity index (χ1n) is 7.37. The summed E-state index contributed by atoms with van der Waals surface area (Å²) in [6.45, 7) is 12.1. The molecule has 1 fully saturated rings. The second-order valence-electron chi connectivity index (χ2n) is 6.51. The lowest BCUT2D eigenvalue weighted by molar-refractivity contribution is 0.229. The lowest BCUT2D eigenvalue weighted by Gasteiger charge is -2.20. The summed E-state index contributed by atoms with van der Waals surface area (Å²) < 4.78 is 5.84. The fourth-order valence-corrected chi connectivity index (χ4v) is 2.27. The van der Waals surface area contributed by atoms with Crippen LogP contribution in [-0.4, -0.2) is 41.1 Å². The van der Waals surface area contributed by atoms with E-state index in [0.717, 1.165) is 17.9 Å². The zero-order valence-electron chi connectivity index (χ0n) is 13.1. The Morgan fingerprint density at radius 2 is 1.85 bits per heavy atom. The molecule has 1 saturated heterocycles. The van der Waals surface area contributed by atoms with Gasteiger partial charge in [0.05, 0.1) is 5.56 Å². The number of ether oxygens (including phenoxy) is 1. The molecule has 0 spiro atoms. The summed E-state index contributed by atoms with van der Waals surface area (Å²) in [6.07, 6.45) is 2.60. The summed E-state index contributed by atoms with van der Waals surface area (Å²) in [4.78, 5) is 11.3. The molecule has 20 heavy (non-hydrogen) atoms. The minimum Gasteiger partial charge on any atom is -0.476 e. The highest BCUT2D eigenvalue weighted by atomic mass is 16.5. The summed E-state index contributed by atoms with van der Waals surface area (Å²) in [5.41, 5.74) is 6.67. The van der Waals surface area contributed by atoms with Crippen LogP contribution in [0.2, 0.25) is 0 Å². The standard InChI is InChI=1S/C15H26N4O/c1-11-12(16)17-14(15(2,3)4)18-13(11)20-10-9-19-7-5-6-8-19/h5-10H2,1-4H3,(H2,16,17,18). The molecular formula is C15H26N4O. The van der Waals surface area contributed by atoms with E-state index in [9.17, 15) is 0 Å². The Balaban J connectivity index is 2.04. The Morgan fingerprint density at radius 3 is 2.45 bits per heavy atom. The quantitative estimate of drug-likeness (QED) is 0.914. The zero-order valence-corrected chi connectivity index (χ0v) is 13.1. The Hall–Kier alpha value is -1.36. The average molecular weight is 278 g/mol. The third-order valence-corrected chi connectivity index (χ3v) is 3.65. The molecular weight excluding hydrogens is 252 g/mol. The van der Waals surface area contributed by atoms with Crippen LogP contribution < -0.4 is 10.5 Å². The van der Waals surface area contributed by atoms with Crippen molar-refractivity contribution in [3.8, 4) is 5.88 Å². The van der Waals surface area contributed by atoms with E-state index >= 15 is 0 Å². The topological polar surface area (TPSA) is 64.3 Å². The highest BCUT2D eigenvalue weighted by molar-refractivity contribution is 5.45. The minimum atomic E-state index is -0.130. The van der Waals surface area contributed by atoms with E-state index in [1.54, 1.807) is 0 Å². The molecule has 2 N–H and O–H groups in total. The smallest absolute Gasteiger partial charge is 0.221 e. The largest absolute Gasteiger partial charge is 0.476 e. The van der Waals surface area contributed by atoms with Gasteiger partial charge in [0.1, 0.15) is 18.2 Å². The van der Waals surface area contributed by atoms with Gasteiger partial charge in [-0.05, 0) is 32.9 Å². The first-order valence-corrected chi connectivity index (χ1v) is 7.37. The molecule has 2 heterocycles. The van der Waals surface area contributed by atoms with Crippen molar-refractivity contribution in [3.05, 3.63) is 11.4 Å². The van der Waals surface area contributed by atoms with Crippen molar-refractivity contribution in [2.24, 2.45) is 0 Å². The van der Waals surface area contributed by atoms with Crippen LogP contribution in [0.15, 0.2) is 0 Å². The highest BCUT2D eigenvalue weighted by Crippen LogP contribution is 2.26. The number of aromatic nitrogens is 2. The Morgan fingerprint density at radius 1 is 1.20 bits per heavy atom. The number of anilines is 1. The average Bonchev–Trinajstić information content (AvgIpc) is 2.86. The van der Waals surface area contributed by atoms with Crippen molar-refractivity contribution >= 4 is 5.82 Å². The predicted molar refractivity (Wildman–Crippen MR) is 81.1 cm³/mol. The molecule has 1 aromatic rings. The summed E-state index contributed by atoms with van der Waals surface area (Å²) in [5, 5.41) is 0. The van der Waals surface area contributed by atoms with Gasteiger partial charge in [-0.3, -0.25) is 4.90 Å². The fourth-order valence-electron chi connectivity index (χ4n) is 2.27. The van der Waals surface area contributed by atoms with Crippen molar-refractivity contribution < 1.29 is 4.74 Å². The van der Waals surface area contributed by atoms with Crippen LogP contribution in [0.3, 0.4) is 0 Å². The zero-order chi connectivity index (χ0) is 14.8. The van der Waals surface area contributed by atoms with Crippen LogP contribution in [0.25, 0.3) is 0 Å². The maximum Gasteiger partial charge on any atom is 0.221 e. The molecule has 0 aliphatic carbocycles. The second kappa shape index (κ2) is 5.95. The SMILES string of the molecule is Cc1c(N)nc(C(C)(C)C)nc1OCCN1CCCC1. The Labute approximate surface area is 121 Å². The maximum atomic E-state index is 5.97. The summed E-state index contributed by atoms with van der Waals surface area (Å²) >= 11 is 0. The van der Waals surface area contributed by atoms with Gasteiger partial charge in [0.2, 0.25) is 5.88 Å². The molecule has 1 aliphatic heterocycles. The molecule has 1 aliphatic rings. The van der Waals surface area contributed by atoms with E-state index < -0.39 is 0 Å². The van der Waals surface area contributed by atoms with Crippen LogP contribution >= 0.6 is 0 Å². The lowest BCUT2D eigenvalue weighted by atomic mass is 9.95. The monoisotopic (exact) mass is 278 g/mol. The number of rotatable bonds is 4. The second-order valence-corrected chi connectivity index (χ2v) is 6.51. The van der Waals surface area contributed by atoms with Crippen LogP contribution in [0, 0.1) is 6.92 Å². The molecule has 0 bridgehead atoms. The Bertz CT molecular complexity index is 462. The number of hydrogen-bond acceptors (Lipinski definition) is 5. The summed E-state index contributed by atoms with van der Waals surface area (Å²) in [7, 11) is 0. The molecule has 0 radical (unpaired) electrons. The van der Waals surface area contributed by atoms with Gasteiger partial charge in [-0.15, -0.1) is 0 Å². The van der Waals surface area contributed by atoms with E-state index in [0.29, 0.717) is 18.3 Å². The number of likely N-dealkylation sites (tertiary alicyclic amines) is 1. The first kappa shape index (κ1) is 15.0. The van der Waals surface area contributed by atoms with E-state index in [2.05, 4.69) is 35.6 Å². The highest BCUT2D eigenvalue weighted by Gasteiger charge is 2.21. The number of nitrogens with zero attached hydrogens (tertiary/aromatic N) is 3. The minimum absolute atomic E-state index is 0.130. The van der Waals surface area contributed by atoms with Gasteiger partial charge >= 0.3 is 0 Å². The predicted octanol–water partition coefficient (Wildman–Crippen LogP) is 2.14. The lowest BCUT2D eigenvalue weighted by Crippen LogP contribution is -2.26. The molecule has 0 amide bonds. The van der Waals surface area contributed by atoms with Gasteiger partial charge in [0.25, 0.3) is 0 Å². The number of nitrogens with two attached hydrogens (primary N) is 1. The van der Waals surface area contributed by atoms with Crippen LogP contribution in [0.4, 0.5) is 5.82 Å². The van der Waals surface area contributed by atoms with Crippen LogP contribution in [0.1, 0.15) is 45.0 Å². The van der Waals surface area contributed by atoms with Crippen molar-refractivity contribution in [2.75, 3.05) is 32.0 Å². The molecule has 2 rings (SSSR count). The van der Waals surface area contributed by atoms with Gasteiger partial charge < -0.3 is 10.5 Å². The number of nitrogen functional groups attached to an aromatic ring is 1. The molecule has 5 heteroatoms. The molecule has 0 atom stereocenters. The van der Waals surface area contributed by atoms with E-state index in [1.807, 2.05) is 6.92 Å². The third kappa shape index (κ3) is 3.60. The molecule has 112 valence electrons. The molecule has 0 unspecified atom stereocenters. The molecule has 5 nitrogen and oxygen atoms in total. The normalized spacial score (nSPS) is 16.6. The number of hydrogen-bond donors (Lipinski definition) is 1. The van der Waals surface area contributed by atoms with Crippen molar-refractivity contribution in [1.29, 1.82) is 0 Å². The van der Waals surface area contributed by atoms with Gasteiger partial charge in [0, 0.05) is 12.0 Å². The molecule has 0 aromatic carbocycles. The van der Waals surface area contributed by atoms with E-state index in [-0.39, 0.29) is 5.41 Å². The van der Waals surface area contributed by atoms with Crippen molar-refractivity contribution in [2.45, 2.75) is 46.0 Å². The third-order valence-electron chi connectivity index (χ3n) is 3.65. The fraction of sp³-hybridized carbons (Fsp3) is 0.733. The van der Waals surface area contributed by atoms with Crippen molar-refractivity contribution in [3.63, 3.8) is 0 Å². The van der Waals surface area contributed by atoms with E-state index in [1.165, 1.54) is 25.9 Å². The van der Waals surface area contributed by atoms with Gasteiger partial charge in [-0.25, -0.2) is 4.98 Å². The maximum absolute atomic E-state index is 5.97. The van der Waals surface area contributed by atoms with Crippen LogP contribution in [-0.2, 0) is 5.41 Å². The van der Waals surface area contributed by atoms with E-state index in [4.69, 9.17) is 10.5 Å². The summed E-state index contributed by atoms with van der Waals surface area (Å²) in [6, 6.07) is 0. The van der Waals surface area contributed by atoms with Crippen LogP contribution in [0.5, 0.6) is 5.88 Å². The molecule has 1 aromatic heterocycles. The van der Waals surface area contributed by atoms with Gasteiger partial charge in [-0.1, -0.05) is 20.8 Å². The Kier molecular flexibility index (Phi) is 4.48. The summed E-state index contributed by atoms with van der Waals surface area (Å²) in [5.74, 6) is 1.87. The molecule has 0 saturated carbocycles. The van der Waals surface area contributed by atoms with Gasteiger partial charge in [0.15, 0.2) is 0 Å². The van der Waals surface area contributed by atoms with Gasteiger partial charge in [-0.2, -0.15) is 4.98 Å². The first-order chi connectivity index (χ1) is 9.38. The van der Waals surface area contributed by atoms with Crippen molar-refractivity contribution in [1.82, 2.24) is 14.9 Å².